The second-order valence-electron chi connectivity index (χ2n) is 6.40. The zero-order valence-corrected chi connectivity index (χ0v) is 14.1. The number of hydrogen-bond donors (Lipinski definition) is 2. The predicted octanol–water partition coefficient (Wildman–Crippen LogP) is 3.19. The van der Waals surface area contributed by atoms with E-state index in [1.165, 1.54) is 18.4 Å². The Bertz CT molecular complexity index is 481. The first-order valence-electron chi connectivity index (χ1n) is 8.34. The van der Waals surface area contributed by atoms with E-state index < -0.39 is 0 Å². The molecule has 1 saturated carbocycles. The molecular formula is C18H29N3O. The van der Waals surface area contributed by atoms with Crippen molar-refractivity contribution in [3.05, 3.63) is 29.8 Å². The van der Waals surface area contributed by atoms with Crippen LogP contribution in [0.1, 0.15) is 38.7 Å². The van der Waals surface area contributed by atoms with Crippen LogP contribution in [0.4, 0.5) is 0 Å². The molecular weight excluding hydrogens is 274 g/mol. The van der Waals surface area contributed by atoms with Gasteiger partial charge in [0.15, 0.2) is 5.96 Å². The molecule has 22 heavy (non-hydrogen) atoms. The van der Waals surface area contributed by atoms with E-state index in [1.807, 2.05) is 12.1 Å². The van der Waals surface area contributed by atoms with Gasteiger partial charge in [0.25, 0.3) is 0 Å². The number of nitrogens with zero attached hydrogens (tertiary/aromatic N) is 1. The van der Waals surface area contributed by atoms with Crippen molar-refractivity contribution in [1.29, 1.82) is 0 Å². The van der Waals surface area contributed by atoms with Gasteiger partial charge < -0.3 is 15.4 Å². The summed E-state index contributed by atoms with van der Waals surface area (Å²) in [5.41, 5.74) is 1.18. The summed E-state index contributed by atoms with van der Waals surface area (Å²) in [5, 5.41) is 6.71. The maximum atomic E-state index is 5.94. The Morgan fingerprint density at radius 2 is 2.05 bits per heavy atom. The normalized spacial score (nSPS) is 15.0. The molecule has 4 nitrogen and oxygen atoms in total. The number of nitrogens with one attached hydrogen (secondary N) is 2. The number of ether oxygens (including phenoxy) is 1. The highest BCUT2D eigenvalue weighted by molar-refractivity contribution is 5.79. The summed E-state index contributed by atoms with van der Waals surface area (Å²) < 4.78 is 5.94. The van der Waals surface area contributed by atoms with Crippen molar-refractivity contribution in [3.8, 4) is 5.75 Å². The number of aliphatic imine (C=N–C) groups is 1. The molecule has 1 fully saturated rings. The summed E-state index contributed by atoms with van der Waals surface area (Å²) in [6, 6.07) is 8.24. The van der Waals surface area contributed by atoms with Gasteiger partial charge in [0, 0.05) is 25.7 Å². The summed E-state index contributed by atoms with van der Waals surface area (Å²) in [6.45, 7) is 6.97. The zero-order valence-electron chi connectivity index (χ0n) is 14.1. The summed E-state index contributed by atoms with van der Waals surface area (Å²) in [4.78, 5) is 4.27. The molecule has 0 spiro atoms. The first-order chi connectivity index (χ1) is 10.7. The lowest BCUT2D eigenvalue weighted by atomic mass is 10.1. The number of hydrogen-bond acceptors (Lipinski definition) is 2. The Hall–Kier alpha value is -1.71. The van der Waals surface area contributed by atoms with Crippen molar-refractivity contribution in [2.75, 3.05) is 20.2 Å². The first kappa shape index (κ1) is 16.7. The summed E-state index contributed by atoms with van der Waals surface area (Å²) in [5.74, 6) is 3.30. The van der Waals surface area contributed by atoms with Gasteiger partial charge in [0.05, 0.1) is 6.61 Å². The van der Waals surface area contributed by atoms with E-state index in [4.69, 9.17) is 4.74 Å². The molecule has 1 aromatic rings. The zero-order chi connectivity index (χ0) is 15.8. The van der Waals surface area contributed by atoms with Gasteiger partial charge in [-0.3, -0.25) is 4.99 Å². The molecule has 1 aromatic carbocycles. The monoisotopic (exact) mass is 303 g/mol. The maximum absolute atomic E-state index is 5.94. The highest BCUT2D eigenvalue weighted by atomic mass is 16.5. The van der Waals surface area contributed by atoms with Crippen LogP contribution in [0, 0.1) is 11.8 Å². The van der Waals surface area contributed by atoms with Gasteiger partial charge in [0.2, 0.25) is 0 Å². The van der Waals surface area contributed by atoms with Crippen molar-refractivity contribution in [1.82, 2.24) is 10.6 Å². The van der Waals surface area contributed by atoms with Crippen LogP contribution in [0.15, 0.2) is 29.3 Å². The standard InChI is InChI=1S/C18H29N3O/c1-14(2)10-11-20-18(19-3)21-12-16-6-4-5-7-17(16)22-13-15-8-9-15/h4-7,14-15H,8-13H2,1-3H3,(H2,19,20,21). The van der Waals surface area contributed by atoms with Crippen LogP contribution in [-0.4, -0.2) is 26.2 Å². The van der Waals surface area contributed by atoms with Gasteiger partial charge in [-0.1, -0.05) is 32.0 Å². The fourth-order valence-electron chi connectivity index (χ4n) is 2.16. The van der Waals surface area contributed by atoms with Gasteiger partial charge in [-0.2, -0.15) is 0 Å². The Morgan fingerprint density at radius 1 is 1.27 bits per heavy atom. The highest BCUT2D eigenvalue weighted by Crippen LogP contribution is 2.30. The second-order valence-corrected chi connectivity index (χ2v) is 6.40. The third-order valence-corrected chi connectivity index (χ3v) is 3.83. The van der Waals surface area contributed by atoms with Crippen LogP contribution in [0.3, 0.4) is 0 Å². The van der Waals surface area contributed by atoms with Crippen molar-refractivity contribution in [2.24, 2.45) is 16.8 Å². The molecule has 1 aliphatic carbocycles. The number of rotatable bonds is 8. The topological polar surface area (TPSA) is 45.7 Å². The van der Waals surface area contributed by atoms with Crippen molar-refractivity contribution < 1.29 is 4.74 Å². The average Bonchev–Trinajstić information content (AvgIpc) is 3.33. The van der Waals surface area contributed by atoms with E-state index in [9.17, 15) is 0 Å². The highest BCUT2D eigenvalue weighted by Gasteiger charge is 2.22. The van der Waals surface area contributed by atoms with Gasteiger partial charge in [-0.15, -0.1) is 0 Å². The molecule has 122 valence electrons. The lowest BCUT2D eigenvalue weighted by molar-refractivity contribution is 0.296. The van der Waals surface area contributed by atoms with E-state index in [1.54, 1.807) is 7.05 Å². The van der Waals surface area contributed by atoms with Crippen molar-refractivity contribution in [2.45, 2.75) is 39.7 Å². The molecule has 0 aromatic heterocycles. The molecule has 2 rings (SSSR count). The van der Waals surface area contributed by atoms with Gasteiger partial charge in [-0.05, 0) is 37.2 Å². The Labute approximate surface area is 134 Å². The molecule has 1 aliphatic rings. The van der Waals surface area contributed by atoms with Crippen LogP contribution in [0.25, 0.3) is 0 Å². The molecule has 0 amide bonds. The molecule has 0 aliphatic heterocycles. The number of benzene rings is 1. The second kappa shape index (κ2) is 8.66. The molecule has 0 atom stereocenters. The average molecular weight is 303 g/mol. The first-order valence-corrected chi connectivity index (χ1v) is 8.34. The number of guanidine groups is 1. The van der Waals surface area contributed by atoms with Crippen LogP contribution in [0.2, 0.25) is 0 Å². The van der Waals surface area contributed by atoms with E-state index in [2.05, 4.69) is 41.6 Å². The van der Waals surface area contributed by atoms with Crippen LogP contribution in [0.5, 0.6) is 5.75 Å². The number of para-hydroxylation sites is 1. The van der Waals surface area contributed by atoms with E-state index in [0.717, 1.165) is 43.7 Å². The third kappa shape index (κ3) is 5.96. The predicted molar refractivity (Wildman–Crippen MR) is 92.3 cm³/mol. The SMILES string of the molecule is CN=C(NCCC(C)C)NCc1ccccc1OCC1CC1. The lowest BCUT2D eigenvalue weighted by Crippen LogP contribution is -2.37. The molecule has 0 saturated heterocycles. The summed E-state index contributed by atoms with van der Waals surface area (Å²) in [7, 11) is 1.81. The Kier molecular flexibility index (Phi) is 6.56. The van der Waals surface area contributed by atoms with E-state index in [-0.39, 0.29) is 0 Å². The molecule has 0 heterocycles. The Morgan fingerprint density at radius 3 is 2.73 bits per heavy atom. The van der Waals surface area contributed by atoms with Crippen molar-refractivity contribution >= 4 is 5.96 Å². The van der Waals surface area contributed by atoms with E-state index >= 15 is 0 Å². The molecule has 2 N–H and O–H groups in total. The lowest BCUT2D eigenvalue weighted by Gasteiger charge is -2.15. The van der Waals surface area contributed by atoms with E-state index in [0.29, 0.717) is 5.92 Å². The smallest absolute Gasteiger partial charge is 0.191 e. The third-order valence-electron chi connectivity index (χ3n) is 3.83. The largest absolute Gasteiger partial charge is 0.493 e. The Balaban J connectivity index is 1.81. The summed E-state index contributed by atoms with van der Waals surface area (Å²) in [6.07, 6.45) is 3.77. The van der Waals surface area contributed by atoms with Crippen LogP contribution < -0.4 is 15.4 Å². The molecule has 0 unspecified atom stereocenters. The fraction of sp³-hybridized carbons (Fsp3) is 0.611. The maximum Gasteiger partial charge on any atom is 0.191 e. The molecule has 4 heteroatoms. The van der Waals surface area contributed by atoms with Crippen LogP contribution in [-0.2, 0) is 6.54 Å². The fourth-order valence-corrected chi connectivity index (χ4v) is 2.16. The van der Waals surface area contributed by atoms with Gasteiger partial charge >= 0.3 is 0 Å². The molecule has 0 radical (unpaired) electrons. The van der Waals surface area contributed by atoms with Crippen molar-refractivity contribution in [3.63, 3.8) is 0 Å². The van der Waals surface area contributed by atoms with Gasteiger partial charge in [0.1, 0.15) is 5.75 Å². The summed E-state index contributed by atoms with van der Waals surface area (Å²) >= 11 is 0. The minimum Gasteiger partial charge on any atom is -0.493 e. The minimum absolute atomic E-state index is 0.696. The minimum atomic E-state index is 0.696. The quantitative estimate of drug-likeness (QED) is 0.573. The van der Waals surface area contributed by atoms with Crippen LogP contribution >= 0.6 is 0 Å². The van der Waals surface area contributed by atoms with Gasteiger partial charge in [-0.25, -0.2) is 0 Å². The molecule has 0 bridgehead atoms.